The molecular weight excluding hydrogens is 316 g/mol. The van der Waals surface area contributed by atoms with Crippen LogP contribution < -0.4 is 0 Å². The third-order valence-corrected chi connectivity index (χ3v) is 7.06. The lowest BCUT2D eigenvalue weighted by molar-refractivity contribution is -0.172. The molecule has 0 saturated heterocycles. The van der Waals surface area contributed by atoms with E-state index in [1.807, 2.05) is 19.9 Å². The summed E-state index contributed by atoms with van der Waals surface area (Å²) in [4.78, 5) is 11.8. The van der Waals surface area contributed by atoms with Gasteiger partial charge in [0.1, 0.15) is 6.29 Å². The van der Waals surface area contributed by atoms with Crippen LogP contribution in [0.4, 0.5) is 0 Å². The van der Waals surface area contributed by atoms with Crippen molar-refractivity contribution in [2.24, 2.45) is 23.2 Å². The minimum absolute atomic E-state index is 0.00128. The molecule has 0 aliphatic heterocycles. The number of aliphatic hydroxyl groups excluding tert-OH is 2. The molecule has 2 saturated carbocycles. The van der Waals surface area contributed by atoms with E-state index < -0.39 is 11.7 Å². The maximum Gasteiger partial charge on any atom is 0.146 e. The molecule has 2 fully saturated rings. The van der Waals surface area contributed by atoms with Gasteiger partial charge in [0.15, 0.2) is 0 Å². The van der Waals surface area contributed by atoms with Crippen LogP contribution in [-0.4, -0.2) is 41.4 Å². The topological polar surface area (TPSA) is 66.8 Å². The number of methoxy groups -OCH3 is 1. The van der Waals surface area contributed by atoms with Gasteiger partial charge >= 0.3 is 0 Å². The maximum atomic E-state index is 11.8. The molecule has 3 rings (SSSR count). The largest absolute Gasteiger partial charge is 0.393 e. The molecule has 0 aromatic rings. The molecule has 4 heteroatoms. The Morgan fingerprint density at radius 3 is 2.60 bits per heavy atom. The van der Waals surface area contributed by atoms with Crippen molar-refractivity contribution in [1.29, 1.82) is 0 Å². The van der Waals surface area contributed by atoms with E-state index in [9.17, 15) is 15.0 Å². The minimum Gasteiger partial charge on any atom is -0.393 e. The van der Waals surface area contributed by atoms with E-state index in [1.165, 1.54) is 0 Å². The summed E-state index contributed by atoms with van der Waals surface area (Å²) in [5.41, 5.74) is 1.23. The predicted octanol–water partition coefficient (Wildman–Crippen LogP) is 3.03. The van der Waals surface area contributed by atoms with Crippen molar-refractivity contribution in [2.75, 3.05) is 7.11 Å². The fraction of sp³-hybridized carbons (Fsp3) is 0.762. The van der Waals surface area contributed by atoms with Crippen LogP contribution in [0.1, 0.15) is 52.9 Å². The third kappa shape index (κ3) is 3.02. The smallest absolute Gasteiger partial charge is 0.146 e. The first-order chi connectivity index (χ1) is 11.8. The molecule has 0 amide bonds. The Morgan fingerprint density at radius 1 is 1.28 bits per heavy atom. The predicted molar refractivity (Wildman–Crippen MR) is 97.0 cm³/mol. The van der Waals surface area contributed by atoms with Crippen molar-refractivity contribution in [3.8, 4) is 0 Å². The normalized spacial score (nSPS) is 46.5. The Bertz CT molecular complexity index is 591. The number of rotatable bonds is 3. The zero-order valence-corrected chi connectivity index (χ0v) is 15.9. The number of carbonyl (C=O) groups excluding carboxylic acids is 1. The van der Waals surface area contributed by atoms with E-state index in [-0.39, 0.29) is 29.3 Å². The highest BCUT2D eigenvalue weighted by Gasteiger charge is 2.59. The number of aldehydes is 1. The molecule has 3 aliphatic rings. The van der Waals surface area contributed by atoms with Gasteiger partial charge in [0.25, 0.3) is 0 Å². The second-order valence-corrected chi connectivity index (χ2v) is 8.92. The maximum absolute atomic E-state index is 11.8. The van der Waals surface area contributed by atoms with E-state index in [1.54, 1.807) is 7.11 Å². The van der Waals surface area contributed by atoms with Crippen molar-refractivity contribution >= 4 is 6.29 Å². The molecular formula is C21H32O4. The first-order valence-electron chi connectivity index (χ1n) is 9.49. The van der Waals surface area contributed by atoms with Crippen LogP contribution >= 0.6 is 0 Å². The number of allylic oxidation sites excluding steroid dienone is 2. The summed E-state index contributed by atoms with van der Waals surface area (Å²) in [5.74, 6) is -0.270. The van der Waals surface area contributed by atoms with Gasteiger partial charge in [0.2, 0.25) is 0 Å². The lowest BCUT2D eigenvalue weighted by atomic mass is 9.59. The van der Waals surface area contributed by atoms with E-state index in [4.69, 9.17) is 4.74 Å². The fourth-order valence-electron chi connectivity index (χ4n) is 5.77. The molecule has 2 bridgehead atoms. The van der Waals surface area contributed by atoms with Gasteiger partial charge in [-0.1, -0.05) is 24.6 Å². The highest BCUT2D eigenvalue weighted by atomic mass is 16.5. The molecule has 0 heterocycles. The van der Waals surface area contributed by atoms with Crippen molar-refractivity contribution < 1.29 is 19.7 Å². The van der Waals surface area contributed by atoms with Crippen LogP contribution in [0.2, 0.25) is 0 Å². The van der Waals surface area contributed by atoms with Gasteiger partial charge in [-0.2, -0.15) is 0 Å². The van der Waals surface area contributed by atoms with Gasteiger partial charge in [-0.3, -0.25) is 4.79 Å². The third-order valence-electron chi connectivity index (χ3n) is 7.06. The van der Waals surface area contributed by atoms with Gasteiger partial charge < -0.3 is 14.9 Å². The second kappa shape index (κ2) is 6.64. The molecule has 0 spiro atoms. The molecule has 2 N–H and O–H groups in total. The van der Waals surface area contributed by atoms with Crippen LogP contribution in [-0.2, 0) is 9.53 Å². The first-order valence-corrected chi connectivity index (χ1v) is 9.49. The van der Waals surface area contributed by atoms with Gasteiger partial charge in [-0.25, -0.2) is 0 Å². The SMILES string of the molecule is CO[C@@]12CC[C@H](O)[C@@](C)(CC[C@@H]3C(C=O)=C[C@@H](C=C(C)C)[C@H](O)[C@H]31)C2. The number of carbonyl (C=O) groups is 1. The molecule has 7 atom stereocenters. The summed E-state index contributed by atoms with van der Waals surface area (Å²) >= 11 is 0. The number of aliphatic hydroxyl groups is 2. The first kappa shape index (κ1) is 18.8. The monoisotopic (exact) mass is 348 g/mol. The summed E-state index contributed by atoms with van der Waals surface area (Å²) in [6.45, 7) is 6.16. The standard InChI is InChI=1S/C21H32O4/c1-13(2)9-14-10-15(11-22)16-5-7-20(3)12-21(25-4,8-6-17(20)23)18(16)19(14)24/h9-11,14,16-19,23-24H,5-8,12H2,1-4H3/t14-,16-,17+,18+,19+,20+,21-/m1/s1. The second-order valence-electron chi connectivity index (χ2n) is 8.92. The zero-order valence-electron chi connectivity index (χ0n) is 15.9. The van der Waals surface area contributed by atoms with E-state index in [2.05, 4.69) is 13.0 Å². The average Bonchev–Trinajstić information content (AvgIpc) is 2.68. The van der Waals surface area contributed by atoms with Gasteiger partial charge in [0.05, 0.1) is 17.8 Å². The lowest BCUT2D eigenvalue weighted by Crippen LogP contribution is -2.57. The van der Waals surface area contributed by atoms with Crippen LogP contribution in [0.5, 0.6) is 0 Å². The Balaban J connectivity index is 2.10. The van der Waals surface area contributed by atoms with Crippen molar-refractivity contribution in [3.05, 3.63) is 23.3 Å². The van der Waals surface area contributed by atoms with Crippen molar-refractivity contribution in [2.45, 2.75) is 70.7 Å². The number of hydrogen-bond acceptors (Lipinski definition) is 4. The van der Waals surface area contributed by atoms with E-state index >= 15 is 0 Å². The molecule has 0 unspecified atom stereocenters. The van der Waals surface area contributed by atoms with E-state index in [0.717, 1.165) is 43.1 Å². The highest BCUT2D eigenvalue weighted by Crippen LogP contribution is 2.58. The molecule has 3 aliphatic carbocycles. The lowest BCUT2D eigenvalue weighted by Gasteiger charge is -2.53. The van der Waals surface area contributed by atoms with Crippen LogP contribution in [0.15, 0.2) is 23.3 Å². The van der Waals surface area contributed by atoms with Gasteiger partial charge in [-0.05, 0) is 62.9 Å². The molecule has 25 heavy (non-hydrogen) atoms. The number of hydrogen-bond donors (Lipinski definition) is 2. The minimum atomic E-state index is -0.568. The van der Waals surface area contributed by atoms with Crippen molar-refractivity contribution in [1.82, 2.24) is 0 Å². The van der Waals surface area contributed by atoms with Gasteiger partial charge in [0, 0.05) is 18.9 Å². The summed E-state index contributed by atoms with van der Waals surface area (Å²) in [6, 6.07) is 0. The van der Waals surface area contributed by atoms with Crippen molar-refractivity contribution in [3.63, 3.8) is 0 Å². The van der Waals surface area contributed by atoms with E-state index in [0.29, 0.717) is 6.42 Å². The summed E-state index contributed by atoms with van der Waals surface area (Å²) in [5, 5.41) is 21.9. The highest BCUT2D eigenvalue weighted by molar-refractivity contribution is 5.75. The summed E-state index contributed by atoms with van der Waals surface area (Å²) < 4.78 is 6.09. The quantitative estimate of drug-likeness (QED) is 0.608. The molecule has 140 valence electrons. The molecule has 0 aromatic heterocycles. The van der Waals surface area contributed by atoms with Crippen LogP contribution in [0.25, 0.3) is 0 Å². The fourth-order valence-corrected chi connectivity index (χ4v) is 5.77. The van der Waals surface area contributed by atoms with Crippen LogP contribution in [0, 0.1) is 23.2 Å². The average molecular weight is 348 g/mol. The molecule has 0 aromatic carbocycles. The molecule has 4 nitrogen and oxygen atoms in total. The Kier molecular flexibility index (Phi) is 5.00. The molecule has 0 radical (unpaired) electrons. The Labute approximate surface area is 151 Å². The Morgan fingerprint density at radius 2 is 2.00 bits per heavy atom. The summed E-state index contributed by atoms with van der Waals surface area (Å²) in [7, 11) is 1.72. The van der Waals surface area contributed by atoms with Gasteiger partial charge in [-0.15, -0.1) is 0 Å². The summed E-state index contributed by atoms with van der Waals surface area (Å²) in [6.07, 6.45) is 7.87. The zero-order chi connectivity index (χ0) is 18.4. The number of fused-ring (bicyclic) bond motifs is 4. The Hall–Kier alpha value is -0.970. The number of ether oxygens (including phenoxy) is 1. The van der Waals surface area contributed by atoms with Crippen LogP contribution in [0.3, 0.4) is 0 Å².